The standard InChI is InChI=1S/C21H25BrN2O3/c1-4-15(2)17-5-8-20(9-6-17)26-11-12-27-21-10-7-19(22)13-18(21)14-23-24-16(3)25/h5-10,13-15H,4,11-12H2,1-3H3,(H,24,25)/b23-14-/t15-/m0/s1. The summed E-state index contributed by atoms with van der Waals surface area (Å²) in [5.41, 5.74) is 4.46. The molecule has 2 rings (SSSR count). The van der Waals surface area contributed by atoms with Gasteiger partial charge < -0.3 is 9.47 Å². The van der Waals surface area contributed by atoms with Crippen molar-refractivity contribution in [3.05, 3.63) is 58.1 Å². The molecule has 5 nitrogen and oxygen atoms in total. The summed E-state index contributed by atoms with van der Waals surface area (Å²) in [4.78, 5) is 10.9. The third-order valence-electron chi connectivity index (χ3n) is 4.07. The van der Waals surface area contributed by atoms with E-state index in [4.69, 9.17) is 9.47 Å². The number of amides is 1. The maximum absolute atomic E-state index is 10.9. The highest BCUT2D eigenvalue weighted by Crippen LogP contribution is 2.23. The first-order valence-electron chi connectivity index (χ1n) is 8.94. The number of carbonyl (C=O) groups excluding carboxylic acids is 1. The lowest BCUT2D eigenvalue weighted by atomic mass is 9.99. The van der Waals surface area contributed by atoms with Gasteiger partial charge in [-0.1, -0.05) is 41.9 Å². The molecule has 144 valence electrons. The van der Waals surface area contributed by atoms with Crippen LogP contribution in [0, 0.1) is 0 Å². The van der Waals surface area contributed by atoms with Gasteiger partial charge in [0, 0.05) is 17.0 Å². The molecule has 1 amide bonds. The third-order valence-corrected chi connectivity index (χ3v) is 4.56. The Kier molecular flexibility index (Phi) is 8.33. The zero-order valence-electron chi connectivity index (χ0n) is 15.9. The molecule has 0 aromatic heterocycles. The number of rotatable bonds is 9. The largest absolute Gasteiger partial charge is 0.490 e. The Labute approximate surface area is 168 Å². The minimum Gasteiger partial charge on any atom is -0.490 e. The zero-order valence-corrected chi connectivity index (χ0v) is 17.5. The van der Waals surface area contributed by atoms with Crippen LogP contribution in [0.25, 0.3) is 0 Å². The van der Waals surface area contributed by atoms with Gasteiger partial charge in [-0.25, -0.2) is 5.43 Å². The van der Waals surface area contributed by atoms with Gasteiger partial charge in [0.25, 0.3) is 0 Å². The van der Waals surface area contributed by atoms with Gasteiger partial charge in [0.2, 0.25) is 5.91 Å². The Morgan fingerprint density at radius 1 is 1.19 bits per heavy atom. The Morgan fingerprint density at radius 2 is 1.89 bits per heavy atom. The maximum Gasteiger partial charge on any atom is 0.236 e. The van der Waals surface area contributed by atoms with Crippen molar-refractivity contribution < 1.29 is 14.3 Å². The molecule has 0 spiro atoms. The molecule has 1 atom stereocenters. The lowest BCUT2D eigenvalue weighted by Gasteiger charge is -2.12. The summed E-state index contributed by atoms with van der Waals surface area (Å²) in [6, 6.07) is 13.8. The molecule has 0 aliphatic heterocycles. The molecule has 0 saturated carbocycles. The van der Waals surface area contributed by atoms with Crippen molar-refractivity contribution in [2.75, 3.05) is 13.2 Å². The van der Waals surface area contributed by atoms with Crippen molar-refractivity contribution >= 4 is 28.1 Å². The van der Waals surface area contributed by atoms with E-state index in [1.54, 1.807) is 6.21 Å². The quantitative estimate of drug-likeness (QED) is 0.348. The molecule has 0 heterocycles. The van der Waals surface area contributed by atoms with Crippen LogP contribution < -0.4 is 14.9 Å². The smallest absolute Gasteiger partial charge is 0.236 e. The number of hydrogen-bond donors (Lipinski definition) is 1. The zero-order chi connectivity index (χ0) is 19.6. The summed E-state index contributed by atoms with van der Waals surface area (Å²) in [5, 5.41) is 3.89. The lowest BCUT2D eigenvalue weighted by molar-refractivity contribution is -0.118. The molecule has 0 fully saturated rings. The molecule has 0 saturated heterocycles. The van der Waals surface area contributed by atoms with Crippen molar-refractivity contribution in [3.8, 4) is 11.5 Å². The van der Waals surface area contributed by atoms with Gasteiger partial charge >= 0.3 is 0 Å². The monoisotopic (exact) mass is 432 g/mol. The second kappa shape index (κ2) is 10.7. The van der Waals surface area contributed by atoms with Crippen molar-refractivity contribution in [2.24, 2.45) is 5.10 Å². The van der Waals surface area contributed by atoms with E-state index < -0.39 is 0 Å². The fourth-order valence-corrected chi connectivity index (χ4v) is 2.76. The molecule has 0 unspecified atom stereocenters. The average molecular weight is 433 g/mol. The van der Waals surface area contributed by atoms with E-state index in [1.807, 2.05) is 30.3 Å². The maximum atomic E-state index is 10.9. The molecular formula is C21H25BrN2O3. The summed E-state index contributed by atoms with van der Waals surface area (Å²) < 4.78 is 12.4. The number of benzene rings is 2. The fraction of sp³-hybridized carbons (Fsp3) is 0.333. The van der Waals surface area contributed by atoms with Crippen molar-refractivity contribution in [1.29, 1.82) is 0 Å². The van der Waals surface area contributed by atoms with Gasteiger partial charge in [-0.05, 0) is 48.2 Å². The second-order valence-corrected chi connectivity index (χ2v) is 7.10. The number of nitrogens with zero attached hydrogens (tertiary/aromatic N) is 1. The highest BCUT2D eigenvalue weighted by Gasteiger charge is 2.05. The van der Waals surface area contributed by atoms with Gasteiger partial charge in [-0.3, -0.25) is 4.79 Å². The van der Waals surface area contributed by atoms with Crippen LogP contribution in [0.15, 0.2) is 52.0 Å². The average Bonchev–Trinajstić information content (AvgIpc) is 2.66. The Morgan fingerprint density at radius 3 is 2.56 bits per heavy atom. The Hall–Kier alpha value is -2.34. The Bertz CT molecular complexity index is 775. The topological polar surface area (TPSA) is 59.9 Å². The van der Waals surface area contributed by atoms with E-state index >= 15 is 0 Å². The van der Waals surface area contributed by atoms with Crippen LogP contribution in [0.1, 0.15) is 44.2 Å². The fourth-order valence-electron chi connectivity index (χ4n) is 2.38. The van der Waals surface area contributed by atoms with Crippen LogP contribution in [0.4, 0.5) is 0 Å². The predicted molar refractivity (Wildman–Crippen MR) is 112 cm³/mol. The summed E-state index contributed by atoms with van der Waals surface area (Å²) in [6.07, 6.45) is 2.67. The summed E-state index contributed by atoms with van der Waals surface area (Å²) in [5.74, 6) is 1.82. The summed E-state index contributed by atoms with van der Waals surface area (Å²) in [6.45, 7) is 6.64. The lowest BCUT2D eigenvalue weighted by Crippen LogP contribution is -2.13. The molecule has 2 aromatic rings. The number of ether oxygens (including phenoxy) is 2. The minimum atomic E-state index is -0.225. The summed E-state index contributed by atoms with van der Waals surface area (Å²) >= 11 is 3.42. The normalized spacial score (nSPS) is 12.0. The van der Waals surface area contributed by atoms with Crippen LogP contribution >= 0.6 is 15.9 Å². The molecule has 0 bridgehead atoms. The number of nitrogens with one attached hydrogen (secondary N) is 1. The van der Waals surface area contributed by atoms with Crippen LogP contribution in [0.5, 0.6) is 11.5 Å². The van der Waals surface area contributed by atoms with Gasteiger partial charge in [0.05, 0.1) is 6.21 Å². The molecule has 27 heavy (non-hydrogen) atoms. The molecule has 1 N–H and O–H groups in total. The molecule has 0 aliphatic rings. The van der Waals surface area contributed by atoms with E-state index in [0.29, 0.717) is 24.9 Å². The van der Waals surface area contributed by atoms with E-state index in [9.17, 15) is 4.79 Å². The molecular weight excluding hydrogens is 408 g/mol. The molecule has 6 heteroatoms. The van der Waals surface area contributed by atoms with Crippen LogP contribution in [0.3, 0.4) is 0 Å². The first kappa shape index (κ1) is 21.0. The number of hydrazone groups is 1. The van der Waals surface area contributed by atoms with E-state index in [2.05, 4.69) is 52.4 Å². The highest BCUT2D eigenvalue weighted by atomic mass is 79.9. The van der Waals surface area contributed by atoms with Gasteiger partial charge in [-0.15, -0.1) is 0 Å². The van der Waals surface area contributed by atoms with Crippen molar-refractivity contribution in [1.82, 2.24) is 5.43 Å². The van der Waals surface area contributed by atoms with Crippen molar-refractivity contribution in [2.45, 2.75) is 33.1 Å². The second-order valence-electron chi connectivity index (χ2n) is 6.18. The molecule has 2 aromatic carbocycles. The SMILES string of the molecule is CC[C@H](C)c1ccc(OCCOc2ccc(Br)cc2/C=N\NC(C)=O)cc1. The van der Waals surface area contributed by atoms with Gasteiger partial charge in [-0.2, -0.15) is 5.10 Å². The van der Waals surface area contributed by atoms with Crippen molar-refractivity contribution in [3.63, 3.8) is 0 Å². The third kappa shape index (κ3) is 7.06. The number of carbonyl (C=O) groups is 1. The number of halogens is 1. The van der Waals surface area contributed by atoms with Crippen LogP contribution in [-0.2, 0) is 4.79 Å². The first-order valence-corrected chi connectivity index (χ1v) is 9.73. The Balaban J connectivity index is 1.87. The minimum absolute atomic E-state index is 0.225. The molecule has 0 radical (unpaired) electrons. The van der Waals surface area contributed by atoms with E-state index in [0.717, 1.165) is 22.2 Å². The van der Waals surface area contributed by atoms with Crippen LogP contribution in [-0.4, -0.2) is 25.3 Å². The van der Waals surface area contributed by atoms with E-state index in [1.165, 1.54) is 12.5 Å². The first-order chi connectivity index (χ1) is 13.0. The van der Waals surface area contributed by atoms with Gasteiger partial charge in [0.15, 0.2) is 0 Å². The summed E-state index contributed by atoms with van der Waals surface area (Å²) in [7, 11) is 0. The highest BCUT2D eigenvalue weighted by molar-refractivity contribution is 9.10. The van der Waals surface area contributed by atoms with E-state index in [-0.39, 0.29) is 5.91 Å². The van der Waals surface area contributed by atoms with Crippen LogP contribution in [0.2, 0.25) is 0 Å². The predicted octanol–water partition coefficient (Wildman–Crippen LogP) is 4.89. The number of hydrogen-bond acceptors (Lipinski definition) is 4. The molecule has 0 aliphatic carbocycles. The van der Waals surface area contributed by atoms with Gasteiger partial charge in [0.1, 0.15) is 24.7 Å².